The first-order valence-corrected chi connectivity index (χ1v) is 5.28. The van der Waals surface area contributed by atoms with Gasteiger partial charge in [-0.05, 0) is 6.92 Å². The predicted molar refractivity (Wildman–Crippen MR) is 60.2 cm³/mol. The van der Waals surface area contributed by atoms with Gasteiger partial charge in [-0.25, -0.2) is 9.67 Å². The van der Waals surface area contributed by atoms with Crippen molar-refractivity contribution >= 4 is 28.3 Å². The number of aromatic nitrogens is 4. The number of amides is 1. The van der Waals surface area contributed by atoms with E-state index in [-0.39, 0.29) is 5.91 Å². The fourth-order valence-corrected chi connectivity index (χ4v) is 1.92. The third kappa shape index (κ3) is 1.87. The number of aryl methyl sites for hydroxylation is 2. The average Bonchev–Trinajstić information content (AvgIpc) is 2.74. The number of hydrogen-bond donors (Lipinski definition) is 2. The second-order valence-electron chi connectivity index (χ2n) is 3.13. The van der Waals surface area contributed by atoms with Gasteiger partial charge in [0.05, 0.1) is 5.69 Å². The summed E-state index contributed by atoms with van der Waals surface area (Å²) in [6.45, 7) is 1.73. The van der Waals surface area contributed by atoms with Gasteiger partial charge in [-0.2, -0.15) is 10.1 Å². The van der Waals surface area contributed by atoms with Gasteiger partial charge in [0.1, 0.15) is 11.2 Å². The topological polar surface area (TPSA) is 98.7 Å². The monoisotopic (exact) mass is 238 g/mol. The highest BCUT2D eigenvalue weighted by Gasteiger charge is 2.15. The Balaban J connectivity index is 2.21. The molecule has 0 atom stereocenters. The summed E-state index contributed by atoms with van der Waals surface area (Å²) in [7, 11) is 1.69. The van der Waals surface area contributed by atoms with Crippen LogP contribution < -0.4 is 11.1 Å². The lowest BCUT2D eigenvalue weighted by Gasteiger charge is -2.01. The molecule has 0 fully saturated rings. The maximum absolute atomic E-state index is 11.8. The van der Waals surface area contributed by atoms with Gasteiger partial charge in [0.15, 0.2) is 5.13 Å². The molecule has 3 N–H and O–H groups in total. The number of thiazole rings is 1. The van der Waals surface area contributed by atoms with Crippen LogP contribution in [0.25, 0.3) is 0 Å². The van der Waals surface area contributed by atoms with Gasteiger partial charge in [0.2, 0.25) is 5.95 Å². The lowest BCUT2D eigenvalue weighted by atomic mass is 10.4. The van der Waals surface area contributed by atoms with Crippen molar-refractivity contribution in [1.82, 2.24) is 19.7 Å². The van der Waals surface area contributed by atoms with Crippen molar-refractivity contribution in [2.24, 2.45) is 7.05 Å². The van der Waals surface area contributed by atoms with E-state index in [2.05, 4.69) is 20.4 Å². The van der Waals surface area contributed by atoms with Crippen LogP contribution in [0.15, 0.2) is 6.33 Å². The van der Waals surface area contributed by atoms with Crippen molar-refractivity contribution in [3.63, 3.8) is 0 Å². The van der Waals surface area contributed by atoms with Crippen LogP contribution >= 0.6 is 11.3 Å². The van der Waals surface area contributed by atoms with E-state index in [0.29, 0.717) is 21.7 Å². The van der Waals surface area contributed by atoms with Gasteiger partial charge < -0.3 is 5.73 Å². The molecule has 0 spiro atoms. The Bertz CT molecular complexity index is 530. The van der Waals surface area contributed by atoms with Gasteiger partial charge >= 0.3 is 0 Å². The molecule has 0 aliphatic carbocycles. The van der Waals surface area contributed by atoms with Crippen molar-refractivity contribution < 1.29 is 4.79 Å². The highest BCUT2D eigenvalue weighted by Crippen LogP contribution is 2.20. The molecule has 0 unspecified atom stereocenters. The Labute approximate surface area is 95.3 Å². The van der Waals surface area contributed by atoms with Crippen LogP contribution in [0.1, 0.15) is 15.4 Å². The summed E-state index contributed by atoms with van der Waals surface area (Å²) in [5.41, 5.74) is 6.13. The zero-order valence-electron chi connectivity index (χ0n) is 8.76. The molecule has 0 aliphatic rings. The van der Waals surface area contributed by atoms with Gasteiger partial charge in [-0.15, -0.1) is 0 Å². The molecule has 0 aliphatic heterocycles. The molecule has 16 heavy (non-hydrogen) atoms. The normalized spacial score (nSPS) is 10.4. The number of nitrogens with one attached hydrogen (secondary N) is 1. The summed E-state index contributed by atoms with van der Waals surface area (Å²) in [6.07, 6.45) is 1.36. The highest BCUT2D eigenvalue weighted by atomic mass is 32.1. The largest absolute Gasteiger partial charge is 0.375 e. The molecule has 84 valence electrons. The number of hydrogen-bond acceptors (Lipinski definition) is 6. The highest BCUT2D eigenvalue weighted by molar-refractivity contribution is 7.17. The SMILES string of the molecule is Cc1nc(N)sc1C(=O)Nc1ncnn1C. The van der Waals surface area contributed by atoms with Crippen molar-refractivity contribution in [2.75, 3.05) is 11.1 Å². The molecule has 0 bridgehead atoms. The summed E-state index contributed by atoms with van der Waals surface area (Å²) in [4.78, 5) is 20.2. The summed E-state index contributed by atoms with van der Waals surface area (Å²) in [5, 5.41) is 6.85. The van der Waals surface area contributed by atoms with E-state index < -0.39 is 0 Å². The van der Waals surface area contributed by atoms with Crippen molar-refractivity contribution in [1.29, 1.82) is 0 Å². The number of carbonyl (C=O) groups is 1. The first kappa shape index (κ1) is 10.6. The molecule has 2 aromatic heterocycles. The molecule has 0 aromatic carbocycles. The first-order chi connectivity index (χ1) is 7.58. The van der Waals surface area contributed by atoms with Crippen LogP contribution in [0.5, 0.6) is 0 Å². The average molecular weight is 238 g/mol. The van der Waals surface area contributed by atoms with E-state index >= 15 is 0 Å². The molecule has 2 heterocycles. The minimum atomic E-state index is -0.275. The number of anilines is 2. The molecule has 0 saturated carbocycles. The summed E-state index contributed by atoms with van der Waals surface area (Å²) < 4.78 is 1.47. The molecule has 7 nitrogen and oxygen atoms in total. The maximum Gasteiger partial charge on any atom is 0.270 e. The second kappa shape index (κ2) is 3.89. The van der Waals surface area contributed by atoms with Crippen LogP contribution in [0.2, 0.25) is 0 Å². The van der Waals surface area contributed by atoms with Crippen LogP contribution in [0.3, 0.4) is 0 Å². The third-order valence-corrected chi connectivity index (χ3v) is 2.94. The quantitative estimate of drug-likeness (QED) is 0.789. The predicted octanol–water partition coefficient (Wildman–Crippen LogP) is 0.415. The molecule has 2 rings (SSSR count). The number of nitrogens with two attached hydrogens (primary N) is 1. The van der Waals surface area contributed by atoms with Crippen molar-refractivity contribution in [3.05, 3.63) is 16.9 Å². The molecule has 0 saturated heterocycles. The van der Waals surface area contributed by atoms with Gasteiger partial charge in [-0.3, -0.25) is 10.1 Å². The number of nitrogen functional groups attached to an aromatic ring is 1. The zero-order valence-corrected chi connectivity index (χ0v) is 9.58. The van der Waals surface area contributed by atoms with E-state index in [4.69, 9.17) is 5.73 Å². The van der Waals surface area contributed by atoms with Crippen LogP contribution in [-0.2, 0) is 7.05 Å². The molecule has 2 aromatic rings. The van der Waals surface area contributed by atoms with E-state index in [1.807, 2.05) is 0 Å². The van der Waals surface area contributed by atoms with Gasteiger partial charge in [0.25, 0.3) is 5.91 Å². The Morgan fingerprint density at radius 3 is 2.88 bits per heavy atom. The minimum absolute atomic E-state index is 0.275. The van der Waals surface area contributed by atoms with E-state index in [9.17, 15) is 4.79 Å². The van der Waals surface area contributed by atoms with Crippen molar-refractivity contribution in [3.8, 4) is 0 Å². The molecule has 8 heteroatoms. The Morgan fingerprint density at radius 1 is 1.62 bits per heavy atom. The molecule has 1 amide bonds. The van der Waals surface area contributed by atoms with E-state index in [1.165, 1.54) is 11.0 Å². The number of nitrogens with zero attached hydrogens (tertiary/aromatic N) is 4. The first-order valence-electron chi connectivity index (χ1n) is 4.46. The summed E-state index contributed by atoms with van der Waals surface area (Å²) in [6, 6.07) is 0. The molecular formula is C8H10N6OS. The lowest BCUT2D eigenvalue weighted by Crippen LogP contribution is -2.15. The van der Waals surface area contributed by atoms with Crippen LogP contribution in [-0.4, -0.2) is 25.7 Å². The minimum Gasteiger partial charge on any atom is -0.375 e. The second-order valence-corrected chi connectivity index (χ2v) is 4.16. The fourth-order valence-electron chi connectivity index (χ4n) is 1.20. The van der Waals surface area contributed by atoms with Crippen LogP contribution in [0, 0.1) is 6.92 Å². The summed E-state index contributed by atoms with van der Waals surface area (Å²) in [5.74, 6) is 0.110. The van der Waals surface area contributed by atoms with Crippen LogP contribution in [0.4, 0.5) is 11.1 Å². The standard InChI is InChI=1S/C8H10N6OS/c1-4-5(16-7(9)12-4)6(15)13-8-10-3-11-14(8)2/h3H,1-2H3,(H2,9,12)(H,10,11,13,15). The summed E-state index contributed by atoms with van der Waals surface area (Å²) >= 11 is 1.15. The maximum atomic E-state index is 11.8. The van der Waals surface area contributed by atoms with Gasteiger partial charge in [0, 0.05) is 7.05 Å². The number of rotatable bonds is 2. The smallest absolute Gasteiger partial charge is 0.270 e. The van der Waals surface area contributed by atoms with Crippen molar-refractivity contribution in [2.45, 2.75) is 6.92 Å². The zero-order chi connectivity index (χ0) is 11.7. The third-order valence-electron chi connectivity index (χ3n) is 1.96. The number of carbonyl (C=O) groups excluding carboxylic acids is 1. The van der Waals surface area contributed by atoms with E-state index in [1.54, 1.807) is 14.0 Å². The van der Waals surface area contributed by atoms with Gasteiger partial charge in [-0.1, -0.05) is 11.3 Å². The lowest BCUT2D eigenvalue weighted by molar-refractivity contribution is 0.102. The molecular weight excluding hydrogens is 228 g/mol. The Morgan fingerprint density at radius 2 is 2.38 bits per heavy atom. The van der Waals surface area contributed by atoms with E-state index in [0.717, 1.165) is 11.3 Å². The Hall–Kier alpha value is -1.96. The molecule has 0 radical (unpaired) electrons. The fraction of sp³-hybridized carbons (Fsp3) is 0.250. The Kier molecular flexibility index (Phi) is 2.57.